The predicted octanol–water partition coefficient (Wildman–Crippen LogP) is 4.93. The highest BCUT2D eigenvalue weighted by Gasteiger charge is 2.39. The molecule has 0 unspecified atom stereocenters. The minimum atomic E-state index is -0.602. The van der Waals surface area contributed by atoms with Crippen molar-refractivity contribution in [1.29, 1.82) is 0 Å². The third kappa shape index (κ3) is 2.02. The van der Waals surface area contributed by atoms with E-state index >= 15 is 0 Å². The van der Waals surface area contributed by atoms with Crippen molar-refractivity contribution in [2.24, 2.45) is 5.92 Å². The molecule has 1 aliphatic heterocycles. The maximum Gasteiger partial charge on any atom is 0.149 e. The average molecular weight is 301 g/mol. The highest BCUT2D eigenvalue weighted by atomic mass is 19.1. The van der Waals surface area contributed by atoms with E-state index < -0.39 is 11.6 Å². The van der Waals surface area contributed by atoms with Crippen LogP contribution in [0.15, 0.2) is 48.6 Å². The van der Waals surface area contributed by atoms with Crippen LogP contribution in [0.4, 0.5) is 18.9 Å². The third-order valence-corrected chi connectivity index (χ3v) is 4.59. The summed E-state index contributed by atoms with van der Waals surface area (Å²) in [7, 11) is 0. The molecular formula is C18H14F3N. The first-order chi connectivity index (χ1) is 10.6. The Bertz CT molecular complexity index is 769. The molecule has 2 aromatic carbocycles. The second-order valence-electron chi connectivity index (χ2n) is 5.88. The number of nitrogens with one attached hydrogen (secondary N) is 1. The second kappa shape index (κ2) is 4.90. The summed E-state index contributed by atoms with van der Waals surface area (Å²) in [5.74, 6) is -1.39. The maximum atomic E-state index is 14.2. The lowest BCUT2D eigenvalue weighted by Crippen LogP contribution is -2.30. The van der Waals surface area contributed by atoms with E-state index in [1.165, 1.54) is 18.2 Å². The van der Waals surface area contributed by atoms with E-state index in [0.29, 0.717) is 11.3 Å². The average Bonchev–Trinajstić information content (AvgIpc) is 2.96. The van der Waals surface area contributed by atoms with Crippen LogP contribution in [0, 0.1) is 23.4 Å². The first kappa shape index (κ1) is 13.4. The largest absolute Gasteiger partial charge is 0.375 e. The molecule has 2 aliphatic rings. The van der Waals surface area contributed by atoms with Crippen molar-refractivity contribution < 1.29 is 13.2 Å². The minimum absolute atomic E-state index is 0.0466. The molecule has 1 heterocycles. The number of hydrogen-bond donors (Lipinski definition) is 1. The van der Waals surface area contributed by atoms with E-state index in [2.05, 4.69) is 5.32 Å². The van der Waals surface area contributed by atoms with E-state index in [1.807, 2.05) is 18.2 Å². The van der Waals surface area contributed by atoms with E-state index in [4.69, 9.17) is 0 Å². The molecule has 3 atom stereocenters. The molecule has 4 rings (SSSR count). The molecular weight excluding hydrogens is 287 g/mol. The van der Waals surface area contributed by atoms with E-state index in [0.717, 1.165) is 18.1 Å². The highest BCUT2D eigenvalue weighted by molar-refractivity contribution is 5.60. The molecule has 0 saturated heterocycles. The van der Waals surface area contributed by atoms with Crippen LogP contribution in [0.25, 0.3) is 0 Å². The van der Waals surface area contributed by atoms with Crippen LogP contribution in [0.5, 0.6) is 0 Å². The number of benzene rings is 2. The molecule has 0 bridgehead atoms. The Morgan fingerprint density at radius 2 is 1.86 bits per heavy atom. The standard InChI is InChI=1S/C18H14F3N/c19-11-4-1-3-10(7-11)17-14-6-2-5-13(14)15-8-12(20)9-16(21)18(15)22-17/h1-5,7-9,13-14,17,22H,6H2/t13-,14-,17-/m1/s1. The van der Waals surface area contributed by atoms with Gasteiger partial charge in [-0.3, -0.25) is 0 Å². The summed E-state index contributed by atoms with van der Waals surface area (Å²) in [5, 5.41) is 3.16. The summed E-state index contributed by atoms with van der Waals surface area (Å²) < 4.78 is 41.2. The van der Waals surface area contributed by atoms with Gasteiger partial charge >= 0.3 is 0 Å². The van der Waals surface area contributed by atoms with Crippen LogP contribution in [-0.2, 0) is 0 Å². The van der Waals surface area contributed by atoms with Gasteiger partial charge in [0.25, 0.3) is 0 Å². The third-order valence-electron chi connectivity index (χ3n) is 4.59. The fourth-order valence-corrected chi connectivity index (χ4v) is 3.65. The van der Waals surface area contributed by atoms with Crippen LogP contribution in [0.2, 0.25) is 0 Å². The van der Waals surface area contributed by atoms with Crippen LogP contribution in [-0.4, -0.2) is 0 Å². The van der Waals surface area contributed by atoms with E-state index in [-0.39, 0.29) is 23.7 Å². The van der Waals surface area contributed by atoms with Crippen molar-refractivity contribution in [1.82, 2.24) is 0 Å². The molecule has 0 aromatic heterocycles. The molecule has 22 heavy (non-hydrogen) atoms. The fourth-order valence-electron chi connectivity index (χ4n) is 3.65. The predicted molar refractivity (Wildman–Crippen MR) is 79.1 cm³/mol. The Labute approximate surface area is 126 Å². The number of hydrogen-bond acceptors (Lipinski definition) is 1. The van der Waals surface area contributed by atoms with Gasteiger partial charge in [-0.1, -0.05) is 24.3 Å². The van der Waals surface area contributed by atoms with Crippen LogP contribution >= 0.6 is 0 Å². The van der Waals surface area contributed by atoms with Gasteiger partial charge in [-0.15, -0.1) is 0 Å². The quantitative estimate of drug-likeness (QED) is 0.736. The maximum absolute atomic E-state index is 14.2. The first-order valence-electron chi connectivity index (χ1n) is 7.31. The normalized spacial score (nSPS) is 25.5. The molecule has 0 amide bonds. The van der Waals surface area contributed by atoms with Gasteiger partial charge in [0.15, 0.2) is 0 Å². The van der Waals surface area contributed by atoms with Crippen LogP contribution in [0.1, 0.15) is 29.5 Å². The zero-order chi connectivity index (χ0) is 15.3. The van der Waals surface area contributed by atoms with Crippen molar-refractivity contribution in [2.75, 3.05) is 5.32 Å². The summed E-state index contributed by atoms with van der Waals surface area (Å²) in [4.78, 5) is 0. The van der Waals surface area contributed by atoms with Gasteiger partial charge in [0.2, 0.25) is 0 Å². The summed E-state index contributed by atoms with van der Waals surface area (Å²) in [6, 6.07) is 8.43. The zero-order valence-electron chi connectivity index (χ0n) is 11.7. The van der Waals surface area contributed by atoms with E-state index in [1.54, 1.807) is 6.07 Å². The molecule has 1 aliphatic carbocycles. The topological polar surface area (TPSA) is 12.0 Å². The summed E-state index contributed by atoms with van der Waals surface area (Å²) >= 11 is 0. The second-order valence-corrected chi connectivity index (χ2v) is 5.88. The van der Waals surface area contributed by atoms with Gasteiger partial charge in [0.05, 0.1) is 11.7 Å². The molecule has 4 heteroatoms. The number of fused-ring (bicyclic) bond motifs is 3. The Kier molecular flexibility index (Phi) is 2.99. The first-order valence-corrected chi connectivity index (χ1v) is 7.31. The molecule has 1 N–H and O–H groups in total. The molecule has 0 radical (unpaired) electrons. The molecule has 2 aromatic rings. The van der Waals surface area contributed by atoms with Gasteiger partial charge in [0.1, 0.15) is 17.5 Å². The summed E-state index contributed by atoms with van der Waals surface area (Å²) in [5.41, 5.74) is 1.75. The SMILES string of the molecule is Fc1cccc([C@H]2Nc3c(F)cc(F)cc3[C@@H]3C=CC[C@@H]23)c1. The molecule has 0 fully saturated rings. The monoisotopic (exact) mass is 301 g/mol. The van der Waals surface area contributed by atoms with Gasteiger partial charge in [-0.25, -0.2) is 13.2 Å². The Hall–Kier alpha value is -2.23. The lowest BCUT2D eigenvalue weighted by atomic mass is 9.77. The van der Waals surface area contributed by atoms with Gasteiger partial charge in [-0.2, -0.15) is 0 Å². The molecule has 112 valence electrons. The molecule has 0 spiro atoms. The zero-order valence-corrected chi connectivity index (χ0v) is 11.7. The number of anilines is 1. The van der Waals surface area contributed by atoms with E-state index in [9.17, 15) is 13.2 Å². The summed E-state index contributed by atoms with van der Waals surface area (Å²) in [6.07, 6.45) is 4.83. The van der Waals surface area contributed by atoms with Crippen molar-refractivity contribution in [3.8, 4) is 0 Å². The Balaban J connectivity index is 1.84. The minimum Gasteiger partial charge on any atom is -0.375 e. The lowest BCUT2D eigenvalue weighted by Gasteiger charge is -2.37. The number of allylic oxidation sites excluding steroid dienone is 2. The Morgan fingerprint density at radius 3 is 2.68 bits per heavy atom. The van der Waals surface area contributed by atoms with Gasteiger partial charge in [0, 0.05) is 12.0 Å². The highest BCUT2D eigenvalue weighted by Crippen LogP contribution is 2.50. The van der Waals surface area contributed by atoms with Crippen molar-refractivity contribution in [3.63, 3.8) is 0 Å². The molecule has 0 saturated carbocycles. The number of rotatable bonds is 1. The van der Waals surface area contributed by atoms with Crippen molar-refractivity contribution >= 4 is 5.69 Å². The van der Waals surface area contributed by atoms with Gasteiger partial charge in [-0.05, 0) is 41.7 Å². The van der Waals surface area contributed by atoms with Crippen LogP contribution in [0.3, 0.4) is 0 Å². The summed E-state index contributed by atoms with van der Waals surface area (Å²) in [6.45, 7) is 0. The molecule has 1 nitrogen and oxygen atoms in total. The smallest absolute Gasteiger partial charge is 0.149 e. The van der Waals surface area contributed by atoms with Crippen molar-refractivity contribution in [3.05, 3.63) is 77.1 Å². The van der Waals surface area contributed by atoms with Crippen LogP contribution < -0.4 is 5.32 Å². The fraction of sp³-hybridized carbons (Fsp3) is 0.222. The number of halogens is 3. The Morgan fingerprint density at radius 1 is 1.00 bits per heavy atom. The van der Waals surface area contributed by atoms with Gasteiger partial charge < -0.3 is 5.32 Å². The van der Waals surface area contributed by atoms with Crippen molar-refractivity contribution in [2.45, 2.75) is 18.4 Å². The lowest BCUT2D eigenvalue weighted by molar-refractivity contribution is 0.417.